The highest BCUT2D eigenvalue weighted by molar-refractivity contribution is 6.12. The number of hydrogen-bond acceptors (Lipinski definition) is 2. The molecule has 8 aromatic carbocycles. The summed E-state index contributed by atoms with van der Waals surface area (Å²) in [6.07, 6.45) is 0. The maximum atomic E-state index is 10.5. The Balaban J connectivity index is 1.13. The van der Waals surface area contributed by atoms with Crippen molar-refractivity contribution in [2.75, 3.05) is 0 Å². The predicted octanol–water partition coefficient (Wildman–Crippen LogP) is 13.7. The molecule has 266 valence electrons. The summed E-state index contributed by atoms with van der Waals surface area (Å²) in [4.78, 5) is 7.53. The molecule has 2 heterocycles. The molecule has 0 saturated carbocycles. The molecule has 0 amide bonds. The minimum absolute atomic E-state index is 0.526. The average molecular weight is 737 g/mol. The predicted molar refractivity (Wildman–Crippen MR) is 233 cm³/mol. The number of hydrogen-bond donors (Lipinski definition) is 0. The van der Waals surface area contributed by atoms with Gasteiger partial charge in [-0.3, -0.25) is 0 Å². The van der Waals surface area contributed by atoms with E-state index in [1.807, 2.05) is 97.1 Å². The third-order valence-corrected chi connectivity index (χ3v) is 11.1. The molecule has 0 aliphatic carbocycles. The van der Waals surface area contributed by atoms with E-state index in [4.69, 9.17) is 13.1 Å². The van der Waals surface area contributed by atoms with Crippen molar-refractivity contribution in [1.82, 2.24) is 9.13 Å². The van der Waals surface area contributed by atoms with Gasteiger partial charge in [0.25, 0.3) is 0 Å². The molecule has 58 heavy (non-hydrogen) atoms. The highest BCUT2D eigenvalue weighted by Crippen LogP contribution is 2.41. The van der Waals surface area contributed by atoms with E-state index in [0.29, 0.717) is 22.5 Å². The summed E-state index contributed by atoms with van der Waals surface area (Å²) in [6.45, 7) is 15.6. The van der Waals surface area contributed by atoms with Gasteiger partial charge in [-0.2, -0.15) is 10.5 Å². The third-order valence-electron chi connectivity index (χ3n) is 11.1. The zero-order chi connectivity index (χ0) is 39.3. The van der Waals surface area contributed by atoms with Gasteiger partial charge in [-0.05, 0) is 100 Å². The molecule has 10 aromatic rings. The molecule has 2 aromatic heterocycles. The van der Waals surface area contributed by atoms with E-state index in [1.54, 1.807) is 0 Å². The average Bonchev–Trinajstić information content (AvgIpc) is 3.80. The number of nitriles is 2. The van der Waals surface area contributed by atoms with Crippen LogP contribution >= 0.6 is 0 Å². The van der Waals surface area contributed by atoms with Gasteiger partial charge in [-0.15, -0.1) is 0 Å². The minimum Gasteiger partial charge on any atom is -0.319 e. The number of nitrogens with zero attached hydrogens (tertiary/aromatic N) is 6. The van der Waals surface area contributed by atoms with Crippen LogP contribution in [0.3, 0.4) is 0 Å². The smallest absolute Gasteiger partial charge is 0.210 e. The molecule has 0 aliphatic rings. The van der Waals surface area contributed by atoms with Crippen LogP contribution in [-0.2, 0) is 0 Å². The van der Waals surface area contributed by atoms with E-state index in [2.05, 4.69) is 104 Å². The maximum Gasteiger partial charge on any atom is 0.210 e. The summed E-state index contributed by atoms with van der Waals surface area (Å²) < 4.78 is 4.35. The Morgan fingerprint density at radius 2 is 0.862 bits per heavy atom. The van der Waals surface area contributed by atoms with Gasteiger partial charge in [0.15, 0.2) is 5.69 Å². The molecule has 10 rings (SSSR count). The fraction of sp³-hybridized carbons (Fsp3) is 0. The second-order valence-corrected chi connectivity index (χ2v) is 14.2. The van der Waals surface area contributed by atoms with Crippen LogP contribution in [0.2, 0.25) is 0 Å². The topological polar surface area (TPSA) is 66.2 Å². The van der Waals surface area contributed by atoms with E-state index >= 15 is 0 Å². The molecule has 0 fully saturated rings. The third kappa shape index (κ3) is 5.38. The van der Waals surface area contributed by atoms with Crippen LogP contribution in [-0.4, -0.2) is 9.13 Å². The monoisotopic (exact) mass is 736 g/mol. The first-order valence-electron chi connectivity index (χ1n) is 18.7. The quantitative estimate of drug-likeness (QED) is 0.165. The van der Waals surface area contributed by atoms with E-state index in [9.17, 15) is 10.5 Å². The van der Waals surface area contributed by atoms with Gasteiger partial charge in [0, 0.05) is 21.5 Å². The second-order valence-electron chi connectivity index (χ2n) is 14.2. The Bertz CT molecular complexity index is 3250. The Labute approximate surface area is 334 Å². The maximum absolute atomic E-state index is 10.5. The zero-order valence-electron chi connectivity index (χ0n) is 30.8. The molecular weight excluding hydrogens is 709 g/mol. The number of para-hydroxylation sites is 2. The molecule has 6 heteroatoms. The van der Waals surface area contributed by atoms with Crippen LogP contribution in [0, 0.1) is 35.8 Å². The van der Waals surface area contributed by atoms with Crippen LogP contribution in [0.4, 0.5) is 11.4 Å². The van der Waals surface area contributed by atoms with Crippen LogP contribution in [0.25, 0.3) is 98.1 Å². The summed E-state index contributed by atoms with van der Waals surface area (Å²) >= 11 is 0. The Kier molecular flexibility index (Phi) is 7.92. The molecule has 0 unspecified atom stereocenters. The van der Waals surface area contributed by atoms with Gasteiger partial charge in [0.05, 0.1) is 63.8 Å². The van der Waals surface area contributed by atoms with Crippen LogP contribution in [0.15, 0.2) is 170 Å². The Hall–Kier alpha value is -8.68. The first kappa shape index (κ1) is 33.9. The summed E-state index contributed by atoms with van der Waals surface area (Å²) in [5.74, 6) is 0. The van der Waals surface area contributed by atoms with Crippen molar-refractivity contribution in [3.63, 3.8) is 0 Å². The molecular formula is C52H28N6. The van der Waals surface area contributed by atoms with Crippen LogP contribution in [0.5, 0.6) is 0 Å². The van der Waals surface area contributed by atoms with Gasteiger partial charge in [0.2, 0.25) is 5.69 Å². The standard InChI is InChI=1S/C52H28N6/c1-55-41-22-17-35(18-23-41)37-20-25-49-44(28-37)42-7-3-5-9-47(42)57(49)51-29-38(15-16-40(51)32-54)39-19-24-46(56-2)52(30-39)58-48-10-6-4-8-43(48)45-27-36(21-26-50(45)58)34-13-11-33(31-53)12-14-34/h3-30H. The number of benzene rings is 8. The van der Waals surface area contributed by atoms with Crippen molar-refractivity contribution in [1.29, 1.82) is 10.5 Å². The number of fused-ring (bicyclic) bond motifs is 6. The fourth-order valence-corrected chi connectivity index (χ4v) is 8.26. The molecule has 0 aliphatic heterocycles. The normalized spacial score (nSPS) is 11.0. The van der Waals surface area contributed by atoms with Crippen LogP contribution in [0.1, 0.15) is 11.1 Å². The van der Waals surface area contributed by atoms with E-state index in [1.165, 1.54) is 0 Å². The van der Waals surface area contributed by atoms with Crippen molar-refractivity contribution >= 4 is 55.0 Å². The lowest BCUT2D eigenvalue weighted by Gasteiger charge is -2.15. The van der Waals surface area contributed by atoms with Crippen molar-refractivity contribution in [2.24, 2.45) is 0 Å². The lowest BCUT2D eigenvalue weighted by molar-refractivity contribution is 1.17. The largest absolute Gasteiger partial charge is 0.319 e. The minimum atomic E-state index is 0.526. The highest BCUT2D eigenvalue weighted by Gasteiger charge is 2.19. The zero-order valence-corrected chi connectivity index (χ0v) is 30.8. The first-order valence-corrected chi connectivity index (χ1v) is 18.7. The van der Waals surface area contributed by atoms with E-state index in [0.717, 1.165) is 88.4 Å². The number of aromatic nitrogens is 2. The van der Waals surface area contributed by atoms with E-state index < -0.39 is 0 Å². The molecule has 0 spiro atoms. The summed E-state index contributed by atoms with van der Waals surface area (Å²) in [6, 6.07) is 61.1. The summed E-state index contributed by atoms with van der Waals surface area (Å²) in [5.41, 5.74) is 13.7. The van der Waals surface area contributed by atoms with Crippen molar-refractivity contribution in [2.45, 2.75) is 0 Å². The van der Waals surface area contributed by atoms with Gasteiger partial charge in [-0.1, -0.05) is 103 Å². The lowest BCUT2D eigenvalue weighted by Crippen LogP contribution is -1.99. The highest BCUT2D eigenvalue weighted by atomic mass is 15.0. The van der Waals surface area contributed by atoms with Gasteiger partial charge in [0.1, 0.15) is 6.07 Å². The Morgan fingerprint density at radius 3 is 1.41 bits per heavy atom. The molecule has 0 radical (unpaired) electrons. The molecule has 0 saturated heterocycles. The first-order chi connectivity index (χ1) is 28.6. The van der Waals surface area contributed by atoms with Gasteiger partial charge in [-0.25, -0.2) is 9.69 Å². The van der Waals surface area contributed by atoms with E-state index in [-0.39, 0.29) is 0 Å². The van der Waals surface area contributed by atoms with Crippen LogP contribution < -0.4 is 0 Å². The fourth-order valence-electron chi connectivity index (χ4n) is 8.26. The molecule has 0 atom stereocenters. The number of rotatable bonds is 5. The lowest BCUT2D eigenvalue weighted by atomic mass is 10.0. The molecule has 0 N–H and O–H groups in total. The summed E-state index contributed by atoms with van der Waals surface area (Å²) in [7, 11) is 0. The van der Waals surface area contributed by atoms with Crippen molar-refractivity contribution in [3.8, 4) is 56.9 Å². The second kappa shape index (κ2) is 13.6. The SMILES string of the molecule is [C-]#[N+]c1ccc(-c2ccc3c(c2)c2ccccc2n3-c2cc(-c3ccc([N+]#[C-])c(-n4c5ccccc5c5cc(-c6ccc(C#N)cc6)ccc54)c3)ccc2C#N)cc1. The van der Waals surface area contributed by atoms with Crippen molar-refractivity contribution < 1.29 is 0 Å². The summed E-state index contributed by atoms with van der Waals surface area (Å²) in [5, 5.41) is 24.1. The van der Waals surface area contributed by atoms with Gasteiger partial charge < -0.3 is 9.13 Å². The Morgan fingerprint density at radius 1 is 0.397 bits per heavy atom. The van der Waals surface area contributed by atoms with Gasteiger partial charge >= 0.3 is 0 Å². The molecule has 0 bridgehead atoms. The molecule has 6 nitrogen and oxygen atoms in total. The van der Waals surface area contributed by atoms with Crippen molar-refractivity contribution in [3.05, 3.63) is 204 Å².